The topological polar surface area (TPSA) is 76.8 Å². The number of alkyl halides is 3. The van der Waals surface area contributed by atoms with Crippen LogP contribution in [0, 0.1) is 19.8 Å². The third kappa shape index (κ3) is 4.91. The van der Waals surface area contributed by atoms with Gasteiger partial charge in [-0.25, -0.2) is 4.98 Å². The second-order valence-corrected chi connectivity index (χ2v) is 9.48. The van der Waals surface area contributed by atoms with E-state index in [1.807, 2.05) is 6.07 Å². The second-order valence-electron chi connectivity index (χ2n) is 9.48. The fourth-order valence-corrected chi connectivity index (χ4v) is 4.80. The molecule has 1 amide bonds. The number of aromatic amines is 2. The number of aryl methyl sites for hydroxylation is 2. The van der Waals surface area contributed by atoms with E-state index in [1.54, 1.807) is 6.20 Å². The number of benzene rings is 2. The highest BCUT2D eigenvalue weighted by Crippen LogP contribution is 2.33. The Balaban J connectivity index is 1.16. The summed E-state index contributed by atoms with van der Waals surface area (Å²) in [5, 5.41) is 3.59. The Morgan fingerprint density at radius 3 is 2.60 bits per heavy atom. The fraction of sp³-hybridized carbons (Fsp3) is 0.385. The van der Waals surface area contributed by atoms with E-state index in [4.69, 9.17) is 0 Å². The Morgan fingerprint density at radius 2 is 1.86 bits per heavy atom. The van der Waals surface area contributed by atoms with Gasteiger partial charge in [0.2, 0.25) is 5.91 Å². The molecule has 0 aliphatic carbocycles. The van der Waals surface area contributed by atoms with Crippen LogP contribution >= 0.6 is 0 Å². The molecule has 0 bridgehead atoms. The van der Waals surface area contributed by atoms with Crippen LogP contribution in [0.5, 0.6) is 0 Å². The van der Waals surface area contributed by atoms with Gasteiger partial charge >= 0.3 is 6.18 Å². The number of piperidine rings is 1. The molecule has 0 unspecified atom stereocenters. The molecule has 35 heavy (non-hydrogen) atoms. The van der Waals surface area contributed by atoms with E-state index < -0.39 is 11.7 Å². The first kappa shape index (κ1) is 23.4. The zero-order valence-corrected chi connectivity index (χ0v) is 19.7. The number of hydrogen-bond acceptors (Lipinski definition) is 3. The van der Waals surface area contributed by atoms with E-state index >= 15 is 0 Å². The molecular weight excluding hydrogens is 455 g/mol. The minimum atomic E-state index is -4.37. The molecule has 0 spiro atoms. The number of nitrogens with one attached hydrogen (secondary N) is 3. The number of amides is 1. The predicted octanol–water partition coefficient (Wildman–Crippen LogP) is 5.21. The third-order valence-corrected chi connectivity index (χ3v) is 7.02. The van der Waals surface area contributed by atoms with Crippen LogP contribution in [0.2, 0.25) is 0 Å². The van der Waals surface area contributed by atoms with Crippen molar-refractivity contribution in [3.8, 4) is 0 Å². The van der Waals surface area contributed by atoms with Crippen LogP contribution in [0.15, 0.2) is 36.5 Å². The van der Waals surface area contributed by atoms with E-state index in [0.29, 0.717) is 49.9 Å². The number of nitrogens with zero attached hydrogens (tertiary/aromatic N) is 2. The molecule has 184 valence electrons. The zero-order chi connectivity index (χ0) is 24.7. The summed E-state index contributed by atoms with van der Waals surface area (Å²) in [7, 11) is 0. The number of halogens is 3. The lowest BCUT2D eigenvalue weighted by atomic mass is 9.95. The van der Waals surface area contributed by atoms with Crippen LogP contribution in [0.1, 0.15) is 40.9 Å². The molecule has 1 saturated heterocycles. The highest BCUT2D eigenvalue weighted by molar-refractivity contribution is 5.84. The highest BCUT2D eigenvalue weighted by atomic mass is 19.4. The first-order valence-corrected chi connectivity index (χ1v) is 11.8. The molecule has 3 N–H and O–H groups in total. The Hall–Kier alpha value is -3.33. The normalized spacial score (nSPS) is 15.8. The maximum atomic E-state index is 13.1. The number of aromatic nitrogens is 3. The smallest absolute Gasteiger partial charge is 0.361 e. The van der Waals surface area contributed by atoms with Gasteiger partial charge in [0.15, 0.2) is 0 Å². The van der Waals surface area contributed by atoms with Gasteiger partial charge in [-0.3, -0.25) is 9.69 Å². The van der Waals surface area contributed by atoms with Crippen molar-refractivity contribution in [3.05, 3.63) is 64.6 Å². The van der Waals surface area contributed by atoms with Gasteiger partial charge in [-0.05, 0) is 86.8 Å². The van der Waals surface area contributed by atoms with Crippen LogP contribution in [-0.4, -0.2) is 38.8 Å². The average Bonchev–Trinajstić information content (AvgIpc) is 3.40. The van der Waals surface area contributed by atoms with E-state index in [9.17, 15) is 18.0 Å². The maximum Gasteiger partial charge on any atom is 0.416 e. The standard InChI is InChI=1S/C26H28F3N5O/c1-15-9-22-23(10-16(15)2)33-24(32-22)13-31-25(35)17-5-7-34(8-6-17)14-18-12-30-21-4-3-19(11-20(18)21)26(27,28)29/h3-4,9-12,17,30H,5-8,13-14H2,1-2H3,(H,31,35)(H,32,33). The molecule has 1 fully saturated rings. The maximum absolute atomic E-state index is 13.1. The Labute approximate surface area is 200 Å². The summed E-state index contributed by atoms with van der Waals surface area (Å²) in [6, 6.07) is 7.89. The molecule has 5 rings (SSSR count). The largest absolute Gasteiger partial charge is 0.416 e. The summed E-state index contributed by atoms with van der Waals surface area (Å²) >= 11 is 0. The summed E-state index contributed by atoms with van der Waals surface area (Å²) in [6.07, 6.45) is -1.17. The molecule has 3 heterocycles. The molecule has 1 aliphatic heterocycles. The third-order valence-electron chi connectivity index (χ3n) is 7.02. The molecule has 9 heteroatoms. The van der Waals surface area contributed by atoms with E-state index in [2.05, 4.69) is 45.1 Å². The summed E-state index contributed by atoms with van der Waals surface area (Å²) < 4.78 is 39.4. The molecule has 0 atom stereocenters. The molecule has 6 nitrogen and oxygen atoms in total. The molecule has 4 aromatic rings. The van der Waals surface area contributed by atoms with Crippen molar-refractivity contribution in [2.24, 2.45) is 5.92 Å². The number of hydrogen-bond donors (Lipinski definition) is 3. The van der Waals surface area contributed by atoms with E-state index in [0.717, 1.165) is 28.5 Å². The van der Waals surface area contributed by atoms with Gasteiger partial charge in [-0.2, -0.15) is 13.2 Å². The lowest BCUT2D eigenvalue weighted by Gasteiger charge is -2.31. The van der Waals surface area contributed by atoms with Crippen LogP contribution in [0.25, 0.3) is 21.9 Å². The fourth-order valence-electron chi connectivity index (χ4n) is 4.80. The number of H-pyrrole nitrogens is 2. The minimum absolute atomic E-state index is 0.0133. The van der Waals surface area contributed by atoms with Crippen molar-refractivity contribution in [2.75, 3.05) is 13.1 Å². The molecule has 0 radical (unpaired) electrons. The van der Waals surface area contributed by atoms with Crippen molar-refractivity contribution in [2.45, 2.75) is 46.0 Å². The van der Waals surface area contributed by atoms with Gasteiger partial charge in [0.25, 0.3) is 0 Å². The predicted molar refractivity (Wildman–Crippen MR) is 129 cm³/mol. The monoisotopic (exact) mass is 483 g/mol. The van der Waals surface area contributed by atoms with Crippen LogP contribution in [0.4, 0.5) is 13.2 Å². The summed E-state index contributed by atoms with van der Waals surface area (Å²) in [5.41, 5.74) is 5.12. The van der Waals surface area contributed by atoms with Gasteiger partial charge in [0, 0.05) is 29.6 Å². The number of rotatable bonds is 5. The van der Waals surface area contributed by atoms with Gasteiger partial charge in [-0.1, -0.05) is 0 Å². The highest BCUT2D eigenvalue weighted by Gasteiger charge is 2.31. The number of carbonyl (C=O) groups excluding carboxylic acids is 1. The first-order chi connectivity index (χ1) is 16.7. The quantitative estimate of drug-likeness (QED) is 0.365. The first-order valence-electron chi connectivity index (χ1n) is 11.8. The number of carbonyl (C=O) groups is 1. The zero-order valence-electron chi connectivity index (χ0n) is 19.7. The van der Waals surface area contributed by atoms with Crippen molar-refractivity contribution in [1.82, 2.24) is 25.2 Å². The van der Waals surface area contributed by atoms with Crippen molar-refractivity contribution >= 4 is 27.8 Å². The van der Waals surface area contributed by atoms with Crippen LogP contribution in [0.3, 0.4) is 0 Å². The summed E-state index contributed by atoms with van der Waals surface area (Å²) in [5.74, 6) is 0.660. The molecule has 0 saturated carbocycles. The van der Waals surface area contributed by atoms with E-state index in [-0.39, 0.29) is 11.8 Å². The van der Waals surface area contributed by atoms with Crippen molar-refractivity contribution < 1.29 is 18.0 Å². The Morgan fingerprint density at radius 1 is 1.11 bits per heavy atom. The lowest BCUT2D eigenvalue weighted by Crippen LogP contribution is -2.40. The Bertz CT molecular complexity index is 1340. The van der Waals surface area contributed by atoms with Crippen LogP contribution < -0.4 is 5.32 Å². The van der Waals surface area contributed by atoms with Gasteiger partial charge in [0.1, 0.15) is 5.82 Å². The number of fused-ring (bicyclic) bond motifs is 2. The minimum Gasteiger partial charge on any atom is -0.361 e. The molecule has 2 aromatic carbocycles. The molecule has 1 aliphatic rings. The van der Waals surface area contributed by atoms with Gasteiger partial charge in [0.05, 0.1) is 23.1 Å². The SMILES string of the molecule is Cc1cc2nc(CNC(=O)C3CCN(Cc4c[nH]c5ccc(C(F)(F)F)cc45)CC3)[nH]c2cc1C. The number of imidazole rings is 1. The van der Waals surface area contributed by atoms with Crippen LogP contribution in [-0.2, 0) is 24.1 Å². The van der Waals surface area contributed by atoms with E-state index in [1.165, 1.54) is 23.3 Å². The number of likely N-dealkylation sites (tertiary alicyclic amines) is 1. The van der Waals surface area contributed by atoms with Gasteiger partial charge < -0.3 is 15.3 Å². The molecule has 2 aromatic heterocycles. The summed E-state index contributed by atoms with van der Waals surface area (Å²) in [4.78, 5) is 25.9. The van der Waals surface area contributed by atoms with Crippen molar-refractivity contribution in [3.63, 3.8) is 0 Å². The van der Waals surface area contributed by atoms with Gasteiger partial charge in [-0.15, -0.1) is 0 Å². The molecular formula is C26H28F3N5O. The Kier molecular flexibility index (Phi) is 6.04. The second kappa shape index (κ2) is 9.03. The lowest BCUT2D eigenvalue weighted by molar-refractivity contribution is -0.137. The average molecular weight is 484 g/mol. The summed E-state index contributed by atoms with van der Waals surface area (Å²) in [6.45, 7) is 6.44. The van der Waals surface area contributed by atoms with Crippen molar-refractivity contribution in [1.29, 1.82) is 0 Å².